The smallest absolute Gasteiger partial charge is 0.180 e. The van der Waals surface area contributed by atoms with E-state index in [1.165, 1.54) is 6.33 Å². The number of hydrogen-bond donors (Lipinski definition) is 1. The van der Waals surface area contributed by atoms with Crippen molar-refractivity contribution in [3.63, 3.8) is 0 Å². The summed E-state index contributed by atoms with van der Waals surface area (Å²) in [6, 6.07) is 0. The Labute approximate surface area is 95.5 Å². The Bertz CT molecular complexity index is 444. The second-order valence-corrected chi connectivity index (χ2v) is 4.51. The summed E-state index contributed by atoms with van der Waals surface area (Å²) >= 11 is 0. The third-order valence-corrected chi connectivity index (χ3v) is 3.32. The molecule has 1 atom stereocenters. The molecule has 2 aromatic rings. The maximum Gasteiger partial charge on any atom is 0.180 e. The third kappa shape index (κ3) is 1.79. The largest absolute Gasteiger partial charge is 0.339 e. The molecule has 0 aliphatic carbocycles. The summed E-state index contributed by atoms with van der Waals surface area (Å²) in [5, 5.41) is 0. The number of rotatable bonds is 4. The lowest BCUT2D eigenvalue weighted by atomic mass is 9.82. The van der Waals surface area contributed by atoms with Crippen molar-refractivity contribution < 1.29 is 0 Å². The minimum atomic E-state index is 0.120. The van der Waals surface area contributed by atoms with Gasteiger partial charge in [-0.05, 0) is 12.8 Å². The van der Waals surface area contributed by atoms with Crippen molar-refractivity contribution in [3.05, 3.63) is 18.3 Å². The van der Waals surface area contributed by atoms with E-state index in [2.05, 4.69) is 40.7 Å². The fraction of sp³-hybridized carbons (Fsp3) is 0.583. The standard InChI is InChI=1S/C12H18N4/c1-4-6-12(3,5-2)11-15-9-7-13-8-14-10(9)16-11/h7-8H,4-6H2,1-3H3,(H,13,14,15,16). The number of H-pyrrole nitrogens is 1. The first kappa shape index (κ1) is 11.0. The van der Waals surface area contributed by atoms with Crippen molar-refractivity contribution in [2.24, 2.45) is 0 Å². The van der Waals surface area contributed by atoms with Crippen LogP contribution < -0.4 is 0 Å². The minimum Gasteiger partial charge on any atom is -0.339 e. The van der Waals surface area contributed by atoms with Gasteiger partial charge >= 0.3 is 0 Å². The van der Waals surface area contributed by atoms with Crippen molar-refractivity contribution >= 4 is 11.2 Å². The van der Waals surface area contributed by atoms with Crippen molar-refractivity contribution in [2.45, 2.75) is 45.4 Å². The van der Waals surface area contributed by atoms with Gasteiger partial charge in [-0.3, -0.25) is 0 Å². The summed E-state index contributed by atoms with van der Waals surface area (Å²) in [6.07, 6.45) is 6.69. The van der Waals surface area contributed by atoms with Crippen LogP contribution in [0.1, 0.15) is 45.9 Å². The van der Waals surface area contributed by atoms with Crippen molar-refractivity contribution in [3.8, 4) is 0 Å². The molecule has 0 bridgehead atoms. The van der Waals surface area contributed by atoms with E-state index >= 15 is 0 Å². The van der Waals surface area contributed by atoms with Crippen LogP contribution in [0.5, 0.6) is 0 Å². The number of nitrogens with zero attached hydrogens (tertiary/aromatic N) is 3. The molecule has 1 unspecified atom stereocenters. The van der Waals surface area contributed by atoms with E-state index < -0.39 is 0 Å². The maximum atomic E-state index is 4.57. The van der Waals surface area contributed by atoms with Crippen LogP contribution in [0.2, 0.25) is 0 Å². The zero-order valence-electron chi connectivity index (χ0n) is 10.1. The van der Waals surface area contributed by atoms with Gasteiger partial charge in [0.2, 0.25) is 0 Å². The summed E-state index contributed by atoms with van der Waals surface area (Å²) in [6.45, 7) is 6.66. The Hall–Kier alpha value is -1.45. The molecule has 0 aromatic carbocycles. The van der Waals surface area contributed by atoms with Crippen molar-refractivity contribution in [2.75, 3.05) is 0 Å². The van der Waals surface area contributed by atoms with Crippen LogP contribution in [0.15, 0.2) is 12.5 Å². The fourth-order valence-corrected chi connectivity index (χ4v) is 2.06. The van der Waals surface area contributed by atoms with Crippen LogP contribution in [-0.4, -0.2) is 19.9 Å². The summed E-state index contributed by atoms with van der Waals surface area (Å²) in [4.78, 5) is 16.1. The molecule has 0 radical (unpaired) electrons. The lowest BCUT2D eigenvalue weighted by Gasteiger charge is -2.24. The Kier molecular flexibility index (Phi) is 2.90. The van der Waals surface area contributed by atoms with Gasteiger partial charge in [-0.15, -0.1) is 0 Å². The fourth-order valence-electron chi connectivity index (χ4n) is 2.06. The van der Waals surface area contributed by atoms with Gasteiger partial charge in [-0.25, -0.2) is 15.0 Å². The first-order valence-corrected chi connectivity index (χ1v) is 5.86. The summed E-state index contributed by atoms with van der Waals surface area (Å²) in [5.74, 6) is 1.03. The van der Waals surface area contributed by atoms with E-state index in [4.69, 9.17) is 0 Å². The normalized spacial score (nSPS) is 15.2. The lowest BCUT2D eigenvalue weighted by Crippen LogP contribution is -2.22. The molecule has 0 aliphatic rings. The molecule has 0 aliphatic heterocycles. The highest BCUT2D eigenvalue weighted by Crippen LogP contribution is 2.31. The highest BCUT2D eigenvalue weighted by molar-refractivity contribution is 5.69. The molecule has 0 fully saturated rings. The molecule has 4 heteroatoms. The van der Waals surface area contributed by atoms with E-state index in [9.17, 15) is 0 Å². The van der Waals surface area contributed by atoms with Crippen LogP contribution in [0.25, 0.3) is 11.2 Å². The summed E-state index contributed by atoms with van der Waals surface area (Å²) < 4.78 is 0. The maximum absolute atomic E-state index is 4.57. The molecule has 2 aromatic heterocycles. The molecule has 2 heterocycles. The molecule has 86 valence electrons. The number of hydrogen-bond acceptors (Lipinski definition) is 3. The monoisotopic (exact) mass is 218 g/mol. The van der Waals surface area contributed by atoms with Gasteiger partial charge in [0, 0.05) is 5.41 Å². The molecule has 4 nitrogen and oxygen atoms in total. The van der Waals surface area contributed by atoms with Crippen LogP contribution >= 0.6 is 0 Å². The van der Waals surface area contributed by atoms with Crippen LogP contribution in [0.4, 0.5) is 0 Å². The molecule has 0 amide bonds. The molecular formula is C12H18N4. The first-order valence-electron chi connectivity index (χ1n) is 5.86. The SMILES string of the molecule is CCCC(C)(CC)c1nc2ncncc2[nH]1. The highest BCUT2D eigenvalue weighted by Gasteiger charge is 2.27. The van der Waals surface area contributed by atoms with Gasteiger partial charge in [0.05, 0.1) is 6.20 Å². The quantitative estimate of drug-likeness (QED) is 0.858. The second kappa shape index (κ2) is 4.20. The van der Waals surface area contributed by atoms with E-state index in [-0.39, 0.29) is 5.41 Å². The molecule has 0 saturated heterocycles. The molecule has 16 heavy (non-hydrogen) atoms. The lowest BCUT2D eigenvalue weighted by molar-refractivity contribution is 0.394. The predicted molar refractivity (Wildman–Crippen MR) is 64.2 cm³/mol. The highest BCUT2D eigenvalue weighted by atomic mass is 15.0. The molecular weight excluding hydrogens is 200 g/mol. The number of imidazole rings is 1. The minimum absolute atomic E-state index is 0.120. The molecule has 0 spiro atoms. The number of aromatic amines is 1. The molecule has 1 N–H and O–H groups in total. The average molecular weight is 218 g/mol. The number of nitrogens with one attached hydrogen (secondary N) is 1. The van der Waals surface area contributed by atoms with Crippen molar-refractivity contribution in [1.29, 1.82) is 0 Å². The molecule has 0 saturated carbocycles. The number of aromatic nitrogens is 4. The predicted octanol–water partition coefficient (Wildman–Crippen LogP) is 2.82. The second-order valence-electron chi connectivity index (χ2n) is 4.51. The van der Waals surface area contributed by atoms with E-state index in [0.29, 0.717) is 0 Å². The summed E-state index contributed by atoms with van der Waals surface area (Å²) in [7, 11) is 0. The zero-order chi connectivity index (χ0) is 11.6. The Morgan fingerprint density at radius 2 is 2.19 bits per heavy atom. The van der Waals surface area contributed by atoms with Crippen LogP contribution in [0, 0.1) is 0 Å². The van der Waals surface area contributed by atoms with Gasteiger partial charge in [0.15, 0.2) is 5.65 Å². The number of fused-ring (bicyclic) bond motifs is 1. The van der Waals surface area contributed by atoms with Crippen LogP contribution in [0.3, 0.4) is 0 Å². The van der Waals surface area contributed by atoms with Crippen LogP contribution in [-0.2, 0) is 5.41 Å². The third-order valence-electron chi connectivity index (χ3n) is 3.32. The summed E-state index contributed by atoms with van der Waals surface area (Å²) in [5.41, 5.74) is 1.81. The average Bonchev–Trinajstić information content (AvgIpc) is 2.73. The van der Waals surface area contributed by atoms with E-state index in [0.717, 1.165) is 36.3 Å². The van der Waals surface area contributed by atoms with Gasteiger partial charge in [-0.2, -0.15) is 0 Å². The van der Waals surface area contributed by atoms with Gasteiger partial charge in [0.25, 0.3) is 0 Å². The van der Waals surface area contributed by atoms with Crippen molar-refractivity contribution in [1.82, 2.24) is 19.9 Å². The Balaban J connectivity index is 2.45. The first-order chi connectivity index (χ1) is 7.69. The van der Waals surface area contributed by atoms with Gasteiger partial charge < -0.3 is 4.98 Å². The van der Waals surface area contributed by atoms with Gasteiger partial charge in [-0.1, -0.05) is 27.2 Å². The van der Waals surface area contributed by atoms with E-state index in [1.54, 1.807) is 6.20 Å². The van der Waals surface area contributed by atoms with E-state index in [1.807, 2.05) is 0 Å². The van der Waals surface area contributed by atoms with Gasteiger partial charge in [0.1, 0.15) is 17.7 Å². The Morgan fingerprint density at radius 1 is 1.38 bits per heavy atom. The molecule has 2 rings (SSSR count). The zero-order valence-corrected chi connectivity index (χ0v) is 10.1. The Morgan fingerprint density at radius 3 is 2.81 bits per heavy atom. The topological polar surface area (TPSA) is 54.5 Å².